The largest absolute Gasteiger partial charge is 0.338 e. The van der Waals surface area contributed by atoms with Gasteiger partial charge in [0, 0.05) is 35.9 Å². The molecule has 0 saturated heterocycles. The topological polar surface area (TPSA) is 43.8 Å². The normalized spacial score (nSPS) is 14.6. The zero-order chi connectivity index (χ0) is 12.5. The average Bonchev–Trinajstić information content (AvgIpc) is 2.64. The molecule has 4 heteroatoms. The molecule has 0 spiro atoms. The van der Waals surface area contributed by atoms with E-state index in [4.69, 9.17) is 5.73 Å². The number of rotatable bonds is 3. The van der Waals surface area contributed by atoms with E-state index in [9.17, 15) is 0 Å². The summed E-state index contributed by atoms with van der Waals surface area (Å²) in [5, 5.41) is 0. The van der Waals surface area contributed by atoms with E-state index in [2.05, 4.69) is 20.9 Å². The smallest absolute Gasteiger partial charge is 0.110 e. The van der Waals surface area contributed by atoms with Crippen molar-refractivity contribution in [1.82, 2.24) is 9.55 Å². The van der Waals surface area contributed by atoms with Crippen LogP contribution in [0.15, 0.2) is 41.1 Å². The highest BCUT2D eigenvalue weighted by atomic mass is 79.9. The van der Waals surface area contributed by atoms with Crippen LogP contribution >= 0.6 is 15.9 Å². The van der Waals surface area contributed by atoms with E-state index in [0.29, 0.717) is 6.42 Å². The van der Waals surface area contributed by atoms with Crippen molar-refractivity contribution >= 4 is 15.9 Å². The number of benzene rings is 1. The molecular weight excluding hydrogens is 278 g/mol. The van der Waals surface area contributed by atoms with Crippen LogP contribution < -0.4 is 5.73 Å². The second-order valence-corrected chi connectivity index (χ2v) is 5.38. The van der Waals surface area contributed by atoms with Gasteiger partial charge in [-0.2, -0.15) is 0 Å². The third-order valence-electron chi connectivity index (χ3n) is 2.94. The van der Waals surface area contributed by atoms with Crippen molar-refractivity contribution in [2.45, 2.75) is 18.9 Å². The van der Waals surface area contributed by atoms with Crippen molar-refractivity contribution < 1.29 is 0 Å². The van der Waals surface area contributed by atoms with Gasteiger partial charge >= 0.3 is 0 Å². The highest BCUT2D eigenvalue weighted by Gasteiger charge is 2.25. The van der Waals surface area contributed by atoms with Crippen molar-refractivity contribution in [3.05, 3.63) is 52.5 Å². The molecule has 0 bridgehead atoms. The molecule has 2 rings (SSSR count). The van der Waals surface area contributed by atoms with Crippen LogP contribution in [0.25, 0.3) is 0 Å². The van der Waals surface area contributed by atoms with E-state index in [1.165, 1.54) is 0 Å². The first-order valence-electron chi connectivity index (χ1n) is 5.51. The van der Waals surface area contributed by atoms with Crippen LogP contribution in [0, 0.1) is 0 Å². The molecule has 90 valence electrons. The number of halogens is 1. The van der Waals surface area contributed by atoms with Crippen molar-refractivity contribution in [3.8, 4) is 0 Å². The van der Waals surface area contributed by atoms with Crippen LogP contribution in [0.3, 0.4) is 0 Å². The fourth-order valence-corrected chi connectivity index (χ4v) is 2.65. The van der Waals surface area contributed by atoms with Gasteiger partial charge in [-0.05, 0) is 18.6 Å². The number of aromatic nitrogens is 2. The summed E-state index contributed by atoms with van der Waals surface area (Å²) in [6.45, 7) is 2.03. The Morgan fingerprint density at radius 1 is 1.41 bits per heavy atom. The lowest BCUT2D eigenvalue weighted by Gasteiger charge is -2.26. The summed E-state index contributed by atoms with van der Waals surface area (Å²) in [6.07, 6.45) is 4.44. The fourth-order valence-electron chi connectivity index (χ4n) is 1.91. The van der Waals surface area contributed by atoms with Crippen molar-refractivity contribution in [3.63, 3.8) is 0 Å². The Kier molecular flexibility index (Phi) is 3.35. The zero-order valence-electron chi connectivity index (χ0n) is 10.0. The minimum atomic E-state index is -0.431. The van der Waals surface area contributed by atoms with Crippen LogP contribution in [0.2, 0.25) is 0 Å². The molecular formula is C13H16BrN3. The van der Waals surface area contributed by atoms with E-state index in [1.54, 1.807) is 6.20 Å². The lowest BCUT2D eigenvalue weighted by atomic mass is 9.89. The van der Waals surface area contributed by atoms with Gasteiger partial charge in [0.2, 0.25) is 0 Å². The Labute approximate surface area is 110 Å². The Hall–Kier alpha value is -1.13. The van der Waals surface area contributed by atoms with Crippen LogP contribution in [-0.4, -0.2) is 9.55 Å². The SMILES string of the molecule is Cn1ccnc1CC(C)(N)c1ccccc1Br. The summed E-state index contributed by atoms with van der Waals surface area (Å²) >= 11 is 3.55. The van der Waals surface area contributed by atoms with Crippen molar-refractivity contribution in [2.75, 3.05) is 0 Å². The Morgan fingerprint density at radius 3 is 2.71 bits per heavy atom. The first-order valence-corrected chi connectivity index (χ1v) is 6.30. The lowest BCUT2D eigenvalue weighted by molar-refractivity contribution is 0.468. The average molecular weight is 294 g/mol. The predicted octanol–water partition coefficient (Wildman–Crippen LogP) is 2.60. The maximum Gasteiger partial charge on any atom is 0.110 e. The van der Waals surface area contributed by atoms with Gasteiger partial charge in [0.05, 0.1) is 0 Å². The molecule has 17 heavy (non-hydrogen) atoms. The summed E-state index contributed by atoms with van der Waals surface area (Å²) in [5.41, 5.74) is 7.08. The van der Waals surface area contributed by atoms with Gasteiger partial charge in [-0.25, -0.2) is 4.98 Å². The van der Waals surface area contributed by atoms with Gasteiger partial charge in [0.1, 0.15) is 5.82 Å². The number of hydrogen-bond acceptors (Lipinski definition) is 2. The van der Waals surface area contributed by atoms with E-state index >= 15 is 0 Å². The highest BCUT2D eigenvalue weighted by Crippen LogP contribution is 2.28. The summed E-state index contributed by atoms with van der Waals surface area (Å²) in [4.78, 5) is 4.32. The maximum absolute atomic E-state index is 6.42. The Morgan fingerprint density at radius 2 is 2.12 bits per heavy atom. The van der Waals surface area contributed by atoms with Crippen LogP contribution in [0.1, 0.15) is 18.3 Å². The second-order valence-electron chi connectivity index (χ2n) is 4.53. The van der Waals surface area contributed by atoms with Gasteiger partial charge < -0.3 is 10.3 Å². The number of aryl methyl sites for hydroxylation is 1. The van der Waals surface area contributed by atoms with Crippen molar-refractivity contribution in [2.24, 2.45) is 12.8 Å². The van der Waals surface area contributed by atoms with Gasteiger partial charge in [-0.15, -0.1) is 0 Å². The molecule has 1 aromatic heterocycles. The number of nitrogens with zero attached hydrogens (tertiary/aromatic N) is 2. The Balaban J connectivity index is 2.31. The third kappa shape index (κ3) is 2.58. The highest BCUT2D eigenvalue weighted by molar-refractivity contribution is 9.10. The fraction of sp³-hybridized carbons (Fsp3) is 0.308. The predicted molar refractivity (Wildman–Crippen MR) is 72.6 cm³/mol. The first kappa shape index (κ1) is 12.3. The molecule has 1 heterocycles. The maximum atomic E-state index is 6.42. The molecule has 0 aliphatic carbocycles. The lowest BCUT2D eigenvalue weighted by Crippen LogP contribution is -2.36. The molecule has 0 radical (unpaired) electrons. The molecule has 0 amide bonds. The summed E-state index contributed by atoms with van der Waals surface area (Å²) in [5.74, 6) is 0.991. The van der Waals surface area contributed by atoms with E-state index in [1.807, 2.05) is 49.0 Å². The van der Waals surface area contributed by atoms with Gasteiger partial charge in [-0.1, -0.05) is 34.1 Å². The van der Waals surface area contributed by atoms with E-state index < -0.39 is 5.54 Å². The molecule has 3 nitrogen and oxygen atoms in total. The Bertz CT molecular complexity index is 517. The molecule has 2 N–H and O–H groups in total. The van der Waals surface area contributed by atoms with Gasteiger partial charge in [0.25, 0.3) is 0 Å². The minimum Gasteiger partial charge on any atom is -0.338 e. The van der Waals surface area contributed by atoms with Gasteiger partial charge in [-0.3, -0.25) is 0 Å². The van der Waals surface area contributed by atoms with Crippen LogP contribution in [0.5, 0.6) is 0 Å². The molecule has 1 atom stereocenters. The monoisotopic (exact) mass is 293 g/mol. The number of nitrogens with two attached hydrogens (primary N) is 1. The number of imidazole rings is 1. The van der Waals surface area contributed by atoms with E-state index in [-0.39, 0.29) is 0 Å². The molecule has 1 unspecified atom stereocenters. The molecule has 1 aromatic carbocycles. The molecule has 0 fully saturated rings. The molecule has 0 aliphatic rings. The second kappa shape index (κ2) is 4.63. The summed E-state index contributed by atoms with van der Waals surface area (Å²) < 4.78 is 3.04. The first-order chi connectivity index (χ1) is 8.00. The van der Waals surface area contributed by atoms with E-state index in [0.717, 1.165) is 15.9 Å². The third-order valence-corrected chi connectivity index (χ3v) is 3.63. The molecule has 0 aliphatic heterocycles. The zero-order valence-corrected chi connectivity index (χ0v) is 11.6. The van der Waals surface area contributed by atoms with Crippen LogP contribution in [0.4, 0.5) is 0 Å². The molecule has 2 aromatic rings. The quantitative estimate of drug-likeness (QED) is 0.945. The van der Waals surface area contributed by atoms with Gasteiger partial charge in [0.15, 0.2) is 0 Å². The summed E-state index contributed by atoms with van der Waals surface area (Å²) in [6, 6.07) is 8.06. The summed E-state index contributed by atoms with van der Waals surface area (Å²) in [7, 11) is 1.98. The van der Waals surface area contributed by atoms with Crippen LogP contribution in [-0.2, 0) is 19.0 Å². The standard InChI is InChI=1S/C13H16BrN3/c1-13(15,9-12-16-7-8-17(12)2)10-5-3-4-6-11(10)14/h3-8H,9,15H2,1-2H3. The minimum absolute atomic E-state index is 0.431. The van der Waals surface area contributed by atoms with Crippen molar-refractivity contribution in [1.29, 1.82) is 0 Å². The molecule has 0 saturated carbocycles. The number of hydrogen-bond donors (Lipinski definition) is 1.